The van der Waals surface area contributed by atoms with Gasteiger partial charge in [0.15, 0.2) is 0 Å². The summed E-state index contributed by atoms with van der Waals surface area (Å²) in [4.78, 5) is 28.0. The molecule has 0 radical (unpaired) electrons. The Balaban J connectivity index is 1.70. The Labute approximate surface area is 112 Å². The molecule has 104 valence electrons. The van der Waals surface area contributed by atoms with Crippen molar-refractivity contribution in [3.05, 3.63) is 0 Å². The summed E-state index contributed by atoms with van der Waals surface area (Å²) in [6.45, 7) is 5.01. The predicted octanol–water partition coefficient (Wildman–Crippen LogP) is -0.0525. The van der Waals surface area contributed by atoms with E-state index >= 15 is 0 Å². The number of carbonyl (C=O) groups excluding carboxylic acids is 2. The normalized spacial score (nSPS) is 31.7. The fourth-order valence-electron chi connectivity index (χ4n) is 3.26. The molecule has 0 spiro atoms. The molecule has 0 aromatic heterocycles. The molecule has 0 saturated carbocycles. The Morgan fingerprint density at radius 1 is 1.37 bits per heavy atom. The standard InChI is InChI=1S/C13H20N4O2/c1-9-7-16-6-2-3-10(16)8-17(9)13(19)11-4-5-12(18)15-14-11/h9-10H,2-8H2,1H3,(H,15,18). The van der Waals surface area contributed by atoms with Crippen LogP contribution in [-0.2, 0) is 9.59 Å². The summed E-state index contributed by atoms with van der Waals surface area (Å²) in [6, 6.07) is 0.737. The van der Waals surface area contributed by atoms with Crippen LogP contribution in [0, 0.1) is 0 Å². The van der Waals surface area contributed by atoms with Crippen LogP contribution in [0.1, 0.15) is 32.6 Å². The lowest BCUT2D eigenvalue weighted by atomic mass is 10.1. The first-order valence-electron chi connectivity index (χ1n) is 7.05. The number of carbonyl (C=O) groups is 2. The van der Waals surface area contributed by atoms with Gasteiger partial charge in [-0.05, 0) is 26.3 Å². The molecule has 3 aliphatic rings. The maximum atomic E-state index is 12.5. The van der Waals surface area contributed by atoms with Gasteiger partial charge in [-0.1, -0.05) is 0 Å². The van der Waals surface area contributed by atoms with Crippen molar-refractivity contribution in [2.24, 2.45) is 5.10 Å². The Kier molecular flexibility index (Phi) is 3.26. The van der Waals surface area contributed by atoms with Crippen molar-refractivity contribution in [1.29, 1.82) is 0 Å². The molecule has 2 fully saturated rings. The lowest BCUT2D eigenvalue weighted by Gasteiger charge is -2.42. The van der Waals surface area contributed by atoms with Gasteiger partial charge in [-0.15, -0.1) is 0 Å². The maximum Gasteiger partial charge on any atom is 0.270 e. The highest BCUT2D eigenvalue weighted by molar-refractivity contribution is 6.39. The minimum atomic E-state index is -0.106. The van der Waals surface area contributed by atoms with E-state index in [2.05, 4.69) is 22.4 Å². The smallest absolute Gasteiger partial charge is 0.270 e. The van der Waals surface area contributed by atoms with Gasteiger partial charge in [0.2, 0.25) is 5.91 Å². The van der Waals surface area contributed by atoms with E-state index in [0.29, 0.717) is 24.6 Å². The van der Waals surface area contributed by atoms with Crippen molar-refractivity contribution in [3.8, 4) is 0 Å². The summed E-state index contributed by atoms with van der Waals surface area (Å²) < 4.78 is 0. The molecule has 2 amide bonds. The van der Waals surface area contributed by atoms with Crippen LogP contribution in [0.5, 0.6) is 0 Å². The number of hydrazone groups is 1. The fourth-order valence-corrected chi connectivity index (χ4v) is 3.26. The minimum Gasteiger partial charge on any atom is -0.332 e. The van der Waals surface area contributed by atoms with Gasteiger partial charge in [0.1, 0.15) is 5.71 Å². The molecule has 3 rings (SSSR count). The third kappa shape index (κ3) is 2.36. The summed E-state index contributed by atoms with van der Waals surface area (Å²) in [7, 11) is 0. The van der Waals surface area contributed by atoms with Crippen LogP contribution in [0.2, 0.25) is 0 Å². The van der Waals surface area contributed by atoms with E-state index < -0.39 is 0 Å². The van der Waals surface area contributed by atoms with Gasteiger partial charge in [0, 0.05) is 38.0 Å². The van der Waals surface area contributed by atoms with E-state index in [1.54, 1.807) is 0 Å². The molecule has 3 aliphatic heterocycles. The lowest BCUT2D eigenvalue weighted by Crippen LogP contribution is -2.58. The average molecular weight is 264 g/mol. The number of fused-ring (bicyclic) bond motifs is 1. The average Bonchev–Trinajstić information content (AvgIpc) is 2.85. The zero-order valence-electron chi connectivity index (χ0n) is 11.3. The molecule has 1 N–H and O–H groups in total. The first kappa shape index (κ1) is 12.6. The zero-order valence-corrected chi connectivity index (χ0v) is 11.3. The highest BCUT2D eigenvalue weighted by atomic mass is 16.2. The number of nitrogens with one attached hydrogen (secondary N) is 1. The number of amides is 2. The summed E-state index contributed by atoms with van der Waals surface area (Å²) in [6.07, 6.45) is 3.24. The van der Waals surface area contributed by atoms with Gasteiger partial charge >= 0.3 is 0 Å². The van der Waals surface area contributed by atoms with E-state index in [0.717, 1.165) is 19.6 Å². The highest BCUT2D eigenvalue weighted by Gasteiger charge is 2.37. The predicted molar refractivity (Wildman–Crippen MR) is 70.6 cm³/mol. The van der Waals surface area contributed by atoms with Gasteiger partial charge in [-0.2, -0.15) is 5.10 Å². The van der Waals surface area contributed by atoms with Crippen LogP contribution in [0.25, 0.3) is 0 Å². The molecule has 3 heterocycles. The van der Waals surface area contributed by atoms with Crippen LogP contribution >= 0.6 is 0 Å². The van der Waals surface area contributed by atoms with Crippen molar-refractivity contribution in [2.75, 3.05) is 19.6 Å². The highest BCUT2D eigenvalue weighted by Crippen LogP contribution is 2.25. The summed E-state index contributed by atoms with van der Waals surface area (Å²) in [5, 5.41) is 3.92. The third-order valence-electron chi connectivity index (χ3n) is 4.35. The van der Waals surface area contributed by atoms with E-state index in [1.807, 2.05) is 4.90 Å². The van der Waals surface area contributed by atoms with Crippen LogP contribution in [0.3, 0.4) is 0 Å². The van der Waals surface area contributed by atoms with E-state index in [4.69, 9.17) is 0 Å². The van der Waals surface area contributed by atoms with Gasteiger partial charge in [0.05, 0.1) is 0 Å². The third-order valence-corrected chi connectivity index (χ3v) is 4.35. The topological polar surface area (TPSA) is 65.0 Å². The number of rotatable bonds is 1. The maximum absolute atomic E-state index is 12.5. The Morgan fingerprint density at radius 2 is 2.21 bits per heavy atom. The molecule has 0 bridgehead atoms. The second-order valence-corrected chi connectivity index (χ2v) is 5.69. The molecule has 2 saturated heterocycles. The lowest BCUT2D eigenvalue weighted by molar-refractivity contribution is -0.129. The molecule has 0 aliphatic carbocycles. The Hall–Kier alpha value is -1.43. The van der Waals surface area contributed by atoms with Crippen LogP contribution in [0.15, 0.2) is 5.10 Å². The van der Waals surface area contributed by atoms with Crippen molar-refractivity contribution in [3.63, 3.8) is 0 Å². The van der Waals surface area contributed by atoms with E-state index in [9.17, 15) is 9.59 Å². The van der Waals surface area contributed by atoms with E-state index in [1.165, 1.54) is 12.8 Å². The van der Waals surface area contributed by atoms with Crippen molar-refractivity contribution < 1.29 is 9.59 Å². The SMILES string of the molecule is CC1CN2CCCC2CN1C(=O)C1=NNC(=O)CC1. The molecular weight excluding hydrogens is 244 g/mol. The number of nitrogens with zero attached hydrogens (tertiary/aromatic N) is 3. The van der Waals surface area contributed by atoms with Crippen molar-refractivity contribution >= 4 is 17.5 Å². The molecular formula is C13H20N4O2. The second kappa shape index (κ2) is 4.92. The quantitative estimate of drug-likeness (QED) is 0.722. The molecule has 6 nitrogen and oxygen atoms in total. The van der Waals surface area contributed by atoms with Gasteiger partial charge < -0.3 is 4.90 Å². The first-order valence-corrected chi connectivity index (χ1v) is 7.05. The largest absolute Gasteiger partial charge is 0.332 e. The minimum absolute atomic E-state index is 0.000880. The van der Waals surface area contributed by atoms with Gasteiger partial charge in [-0.3, -0.25) is 14.5 Å². The van der Waals surface area contributed by atoms with Crippen LogP contribution in [0.4, 0.5) is 0 Å². The molecule has 0 aromatic carbocycles. The molecule has 0 aromatic rings. The monoisotopic (exact) mass is 264 g/mol. The number of hydrogen-bond acceptors (Lipinski definition) is 4. The molecule has 6 heteroatoms. The zero-order chi connectivity index (χ0) is 13.4. The summed E-state index contributed by atoms with van der Waals surface area (Å²) in [5.41, 5.74) is 2.90. The first-order chi connectivity index (χ1) is 9.15. The van der Waals surface area contributed by atoms with Gasteiger partial charge in [-0.25, -0.2) is 5.43 Å². The van der Waals surface area contributed by atoms with Crippen LogP contribution in [-0.4, -0.2) is 59.0 Å². The number of piperazine rings is 1. The molecule has 2 atom stereocenters. The molecule has 19 heavy (non-hydrogen) atoms. The van der Waals surface area contributed by atoms with E-state index in [-0.39, 0.29) is 17.9 Å². The van der Waals surface area contributed by atoms with Crippen LogP contribution < -0.4 is 5.43 Å². The Bertz CT molecular complexity index is 434. The van der Waals surface area contributed by atoms with Gasteiger partial charge in [0.25, 0.3) is 5.91 Å². The Morgan fingerprint density at radius 3 is 2.95 bits per heavy atom. The van der Waals surface area contributed by atoms with Crippen molar-refractivity contribution in [2.45, 2.75) is 44.7 Å². The number of hydrogen-bond donors (Lipinski definition) is 1. The fraction of sp³-hybridized carbons (Fsp3) is 0.769. The van der Waals surface area contributed by atoms with Crippen molar-refractivity contribution in [1.82, 2.24) is 15.2 Å². The summed E-state index contributed by atoms with van der Waals surface area (Å²) in [5.74, 6) is -0.107. The summed E-state index contributed by atoms with van der Waals surface area (Å²) >= 11 is 0. The second-order valence-electron chi connectivity index (χ2n) is 5.69. The molecule has 2 unspecified atom stereocenters.